The minimum Gasteiger partial charge on any atom is -0.476 e. The van der Waals surface area contributed by atoms with Crippen molar-refractivity contribution < 1.29 is 19.7 Å². The van der Waals surface area contributed by atoms with E-state index in [4.69, 9.17) is 5.11 Å². The van der Waals surface area contributed by atoms with Crippen molar-refractivity contribution in [3.63, 3.8) is 0 Å². The quantitative estimate of drug-likeness (QED) is 0.528. The summed E-state index contributed by atoms with van der Waals surface area (Å²) in [6.45, 7) is 0. The summed E-state index contributed by atoms with van der Waals surface area (Å²) in [6, 6.07) is 0. The molecule has 0 fully saturated rings. The maximum Gasteiger partial charge on any atom is 0.363 e. The van der Waals surface area contributed by atoms with E-state index in [2.05, 4.69) is 15.2 Å². The van der Waals surface area contributed by atoms with E-state index in [1.807, 2.05) is 0 Å². The summed E-state index contributed by atoms with van der Waals surface area (Å²) < 4.78 is 2.02. The maximum atomic E-state index is 11.0. The van der Waals surface area contributed by atoms with Gasteiger partial charge in [-0.15, -0.1) is 0 Å². The number of aromatic carboxylic acids is 1. The summed E-state index contributed by atoms with van der Waals surface area (Å²) in [6.07, 6.45) is 4.50. The Kier molecular flexibility index (Phi) is 2.95. The summed E-state index contributed by atoms with van der Waals surface area (Å²) in [5.74, 6) is -1.57. The van der Waals surface area contributed by atoms with Gasteiger partial charge < -0.3 is 5.11 Å². The molecule has 0 aliphatic rings. The van der Waals surface area contributed by atoms with Crippen LogP contribution in [0.15, 0.2) is 24.8 Å². The first-order chi connectivity index (χ1) is 10.9. The molecule has 0 saturated carbocycles. The van der Waals surface area contributed by atoms with Gasteiger partial charge in [0, 0.05) is 0 Å². The largest absolute Gasteiger partial charge is 0.476 e. The van der Waals surface area contributed by atoms with Crippen LogP contribution in [0.5, 0.6) is 0 Å². The Morgan fingerprint density at radius 1 is 1.17 bits per heavy atom. The summed E-state index contributed by atoms with van der Waals surface area (Å²) in [7, 11) is 0. The highest BCUT2D eigenvalue weighted by Crippen LogP contribution is 2.24. The number of hydrogen-bond acceptors (Lipinski definition) is 8. The van der Waals surface area contributed by atoms with Gasteiger partial charge in [-0.1, -0.05) is 0 Å². The van der Waals surface area contributed by atoms with Crippen LogP contribution in [0, 0.1) is 20.2 Å². The number of nitro groups is 2. The second-order valence-electron chi connectivity index (χ2n) is 4.24. The van der Waals surface area contributed by atoms with Gasteiger partial charge >= 0.3 is 17.3 Å². The fraction of sp³-hybridized carbons (Fsp3) is 0. The Labute approximate surface area is 124 Å². The van der Waals surface area contributed by atoms with Gasteiger partial charge in [0.05, 0.1) is 22.2 Å². The van der Waals surface area contributed by atoms with Gasteiger partial charge in [0.2, 0.25) is 11.3 Å². The van der Waals surface area contributed by atoms with E-state index >= 15 is 0 Å². The Morgan fingerprint density at radius 2 is 1.91 bits per heavy atom. The number of rotatable bonds is 4. The average Bonchev–Trinajstić information content (AvgIpc) is 3.11. The van der Waals surface area contributed by atoms with E-state index in [1.165, 1.54) is 6.20 Å². The third-order valence-corrected chi connectivity index (χ3v) is 2.86. The average molecular weight is 319 g/mol. The molecule has 0 aromatic carbocycles. The van der Waals surface area contributed by atoms with Crippen LogP contribution >= 0.6 is 0 Å². The topological polar surface area (TPSA) is 172 Å². The van der Waals surface area contributed by atoms with Crippen LogP contribution in [0.4, 0.5) is 11.4 Å². The maximum absolute atomic E-state index is 11.0. The lowest BCUT2D eigenvalue weighted by Gasteiger charge is -1.99. The van der Waals surface area contributed by atoms with E-state index in [9.17, 15) is 25.0 Å². The van der Waals surface area contributed by atoms with Crippen molar-refractivity contribution in [2.45, 2.75) is 0 Å². The van der Waals surface area contributed by atoms with Crippen molar-refractivity contribution in [3.05, 3.63) is 50.7 Å². The summed E-state index contributed by atoms with van der Waals surface area (Å²) >= 11 is 0. The Morgan fingerprint density at radius 3 is 2.48 bits per heavy atom. The summed E-state index contributed by atoms with van der Waals surface area (Å²) in [4.78, 5) is 34.9. The van der Waals surface area contributed by atoms with Crippen molar-refractivity contribution in [2.75, 3.05) is 0 Å². The molecule has 0 amide bonds. The van der Waals surface area contributed by atoms with Crippen LogP contribution in [0.1, 0.15) is 10.5 Å². The highest BCUT2D eigenvalue weighted by molar-refractivity contribution is 5.93. The van der Waals surface area contributed by atoms with Crippen molar-refractivity contribution in [3.8, 4) is 5.69 Å². The Balaban J connectivity index is 2.17. The van der Waals surface area contributed by atoms with Crippen molar-refractivity contribution in [1.82, 2.24) is 24.4 Å². The molecule has 0 spiro atoms. The third kappa shape index (κ3) is 2.21. The molecule has 0 aliphatic carbocycles. The minimum atomic E-state index is -1.57. The minimum absolute atomic E-state index is 0.208. The highest BCUT2D eigenvalue weighted by atomic mass is 16.6. The van der Waals surface area contributed by atoms with Gasteiger partial charge in [-0.05, 0) is 0 Å². The molecule has 3 heterocycles. The van der Waals surface area contributed by atoms with E-state index in [0.29, 0.717) is 0 Å². The molecule has 3 aromatic heterocycles. The zero-order valence-corrected chi connectivity index (χ0v) is 10.9. The second kappa shape index (κ2) is 4.83. The van der Waals surface area contributed by atoms with E-state index in [-0.39, 0.29) is 17.0 Å². The van der Waals surface area contributed by atoms with Gasteiger partial charge in [-0.25, -0.2) is 19.0 Å². The van der Waals surface area contributed by atoms with Crippen molar-refractivity contribution >= 4 is 23.0 Å². The summed E-state index contributed by atoms with van der Waals surface area (Å²) in [5.41, 5.74) is -1.82. The zero-order valence-electron chi connectivity index (χ0n) is 10.9. The molecular formula is C10H5N7O6. The molecule has 0 bridgehead atoms. The van der Waals surface area contributed by atoms with Gasteiger partial charge in [-0.3, -0.25) is 20.2 Å². The molecule has 0 unspecified atom stereocenters. The number of hydrogen-bond donors (Lipinski definition) is 1. The first kappa shape index (κ1) is 14.1. The van der Waals surface area contributed by atoms with Crippen LogP contribution in [0.25, 0.3) is 11.3 Å². The normalized spacial score (nSPS) is 10.8. The molecule has 13 heteroatoms. The number of fused-ring (bicyclic) bond motifs is 1. The molecular weight excluding hydrogens is 314 g/mol. The highest BCUT2D eigenvalue weighted by Gasteiger charge is 2.29. The van der Waals surface area contributed by atoms with Gasteiger partial charge in [0.1, 0.15) is 18.1 Å². The first-order valence-corrected chi connectivity index (χ1v) is 5.84. The smallest absolute Gasteiger partial charge is 0.363 e. The van der Waals surface area contributed by atoms with Crippen LogP contribution in [-0.4, -0.2) is 45.3 Å². The lowest BCUT2D eigenvalue weighted by Crippen LogP contribution is -2.01. The summed E-state index contributed by atoms with van der Waals surface area (Å²) in [5, 5.41) is 37.9. The molecule has 1 N–H and O–H groups in total. The van der Waals surface area contributed by atoms with E-state index < -0.39 is 27.2 Å². The van der Waals surface area contributed by atoms with Crippen LogP contribution < -0.4 is 0 Å². The zero-order chi connectivity index (χ0) is 16.7. The van der Waals surface area contributed by atoms with E-state index in [0.717, 1.165) is 27.8 Å². The number of carboxylic acid groups (broad SMARTS) is 1. The van der Waals surface area contributed by atoms with Crippen molar-refractivity contribution in [1.29, 1.82) is 0 Å². The Hall–Kier alpha value is -3.90. The van der Waals surface area contributed by atoms with E-state index in [1.54, 1.807) is 0 Å². The predicted octanol–water partition coefficient (Wildman–Crippen LogP) is 0.430. The number of carboxylic acids is 1. The van der Waals surface area contributed by atoms with Crippen LogP contribution in [0.2, 0.25) is 0 Å². The standard InChI is InChI=1S/C10H5N7O6/c18-10(19)7-8(17(22)23)9-11-1-5(3-15(9)13-7)14-4-6(2-12-14)16(20)21/h1-4H,(H,18,19). The number of carbonyl (C=O) groups is 1. The lowest BCUT2D eigenvalue weighted by molar-refractivity contribution is -0.384. The molecule has 0 radical (unpaired) electrons. The first-order valence-electron chi connectivity index (χ1n) is 5.84. The number of nitrogens with zero attached hydrogens (tertiary/aromatic N) is 7. The van der Waals surface area contributed by atoms with Gasteiger partial charge in [0.15, 0.2) is 0 Å². The third-order valence-electron chi connectivity index (χ3n) is 2.86. The molecule has 23 heavy (non-hydrogen) atoms. The predicted molar refractivity (Wildman–Crippen MR) is 70.4 cm³/mol. The Bertz CT molecular complexity index is 973. The van der Waals surface area contributed by atoms with Crippen molar-refractivity contribution in [2.24, 2.45) is 0 Å². The molecule has 13 nitrogen and oxygen atoms in total. The molecule has 3 rings (SSSR count). The number of aromatic nitrogens is 5. The molecule has 0 atom stereocenters. The monoisotopic (exact) mass is 319 g/mol. The van der Waals surface area contributed by atoms with Crippen LogP contribution in [-0.2, 0) is 0 Å². The SMILES string of the molecule is O=C(O)c1nn2cc(-n3cc([N+](=O)[O-])cn3)cnc2c1[N+](=O)[O-]. The molecule has 116 valence electrons. The second-order valence-corrected chi connectivity index (χ2v) is 4.24. The fourth-order valence-corrected chi connectivity index (χ4v) is 1.89. The van der Waals surface area contributed by atoms with Crippen LogP contribution in [0.3, 0.4) is 0 Å². The molecule has 0 saturated heterocycles. The molecule has 3 aromatic rings. The van der Waals surface area contributed by atoms with Gasteiger partial charge in [0.25, 0.3) is 0 Å². The lowest BCUT2D eigenvalue weighted by atomic mass is 10.3. The fourth-order valence-electron chi connectivity index (χ4n) is 1.89. The molecule has 0 aliphatic heterocycles. The van der Waals surface area contributed by atoms with Gasteiger partial charge in [-0.2, -0.15) is 10.2 Å².